The molecule has 1 nitrogen and oxygen atoms in total. The molecule has 1 heteroatoms. The molecule has 1 aromatic carbocycles. The molecule has 0 amide bonds. The Morgan fingerprint density at radius 1 is 1.31 bits per heavy atom. The molecule has 13 heavy (non-hydrogen) atoms. The molecule has 0 spiro atoms. The predicted molar refractivity (Wildman–Crippen MR) is 56.7 cm³/mol. The van der Waals surface area contributed by atoms with Gasteiger partial charge in [0.15, 0.2) is 0 Å². The second kappa shape index (κ2) is 4.83. The molecule has 0 saturated carbocycles. The lowest BCUT2D eigenvalue weighted by Crippen LogP contribution is -1.90. The first-order valence-electron chi connectivity index (χ1n) is 4.62. The molecule has 0 heterocycles. The molecule has 0 fully saturated rings. The summed E-state index contributed by atoms with van der Waals surface area (Å²) < 4.78 is 0. The van der Waals surface area contributed by atoms with Crippen LogP contribution >= 0.6 is 0 Å². The van der Waals surface area contributed by atoms with Gasteiger partial charge in [0.05, 0.1) is 6.61 Å². The SMILES string of the molecule is CC(C)c1ccccc1/C=C/CO. The minimum atomic E-state index is 0.104. The molecule has 0 aliphatic carbocycles. The maximum Gasteiger partial charge on any atom is 0.0615 e. The Hall–Kier alpha value is -1.08. The van der Waals surface area contributed by atoms with Crippen LogP contribution in [0.5, 0.6) is 0 Å². The molecule has 0 aromatic heterocycles. The molecule has 0 aliphatic rings. The summed E-state index contributed by atoms with van der Waals surface area (Å²) in [5.41, 5.74) is 2.53. The number of hydrogen-bond acceptors (Lipinski definition) is 1. The smallest absolute Gasteiger partial charge is 0.0615 e. The van der Waals surface area contributed by atoms with Crippen molar-refractivity contribution in [3.8, 4) is 0 Å². The summed E-state index contributed by atoms with van der Waals surface area (Å²) in [6.45, 7) is 4.45. The first kappa shape index (κ1) is 10.0. The highest BCUT2D eigenvalue weighted by Crippen LogP contribution is 2.19. The molecule has 70 valence electrons. The lowest BCUT2D eigenvalue weighted by Gasteiger charge is -2.08. The number of benzene rings is 1. The van der Waals surface area contributed by atoms with E-state index in [9.17, 15) is 0 Å². The Balaban J connectivity index is 2.97. The van der Waals surface area contributed by atoms with Gasteiger partial charge in [0, 0.05) is 0 Å². The first-order chi connectivity index (χ1) is 6.25. The van der Waals surface area contributed by atoms with Gasteiger partial charge >= 0.3 is 0 Å². The van der Waals surface area contributed by atoms with Gasteiger partial charge < -0.3 is 5.11 Å². The van der Waals surface area contributed by atoms with Crippen molar-refractivity contribution < 1.29 is 5.11 Å². The monoisotopic (exact) mass is 176 g/mol. The van der Waals surface area contributed by atoms with Crippen LogP contribution in [0.25, 0.3) is 6.08 Å². The van der Waals surface area contributed by atoms with Crippen molar-refractivity contribution in [1.82, 2.24) is 0 Å². The zero-order valence-electron chi connectivity index (χ0n) is 8.20. The molecule has 1 rings (SSSR count). The van der Waals surface area contributed by atoms with Crippen molar-refractivity contribution in [2.75, 3.05) is 6.61 Å². The van der Waals surface area contributed by atoms with Crippen molar-refractivity contribution in [3.63, 3.8) is 0 Å². The zero-order valence-corrected chi connectivity index (χ0v) is 8.20. The van der Waals surface area contributed by atoms with Gasteiger partial charge in [-0.1, -0.05) is 50.3 Å². The van der Waals surface area contributed by atoms with Crippen LogP contribution < -0.4 is 0 Å². The summed E-state index contributed by atoms with van der Waals surface area (Å²) in [4.78, 5) is 0. The van der Waals surface area contributed by atoms with Gasteiger partial charge in [-0.25, -0.2) is 0 Å². The van der Waals surface area contributed by atoms with Crippen molar-refractivity contribution in [1.29, 1.82) is 0 Å². The van der Waals surface area contributed by atoms with Crippen molar-refractivity contribution in [2.45, 2.75) is 19.8 Å². The van der Waals surface area contributed by atoms with E-state index in [-0.39, 0.29) is 6.61 Å². The minimum Gasteiger partial charge on any atom is -0.392 e. The van der Waals surface area contributed by atoms with Crippen molar-refractivity contribution in [3.05, 3.63) is 41.5 Å². The van der Waals surface area contributed by atoms with Crippen LogP contribution in [0, 0.1) is 0 Å². The lowest BCUT2D eigenvalue weighted by atomic mass is 9.97. The highest BCUT2D eigenvalue weighted by Gasteiger charge is 2.01. The Bertz CT molecular complexity index is 287. The van der Waals surface area contributed by atoms with Gasteiger partial charge in [0.1, 0.15) is 0 Å². The van der Waals surface area contributed by atoms with E-state index < -0.39 is 0 Å². The normalized spacial score (nSPS) is 11.4. The fourth-order valence-corrected chi connectivity index (χ4v) is 1.37. The summed E-state index contributed by atoms with van der Waals surface area (Å²) in [7, 11) is 0. The number of hydrogen-bond donors (Lipinski definition) is 1. The number of rotatable bonds is 3. The van der Waals surface area contributed by atoms with Gasteiger partial charge in [-0.05, 0) is 17.0 Å². The molecule has 0 unspecified atom stereocenters. The molecular weight excluding hydrogens is 160 g/mol. The van der Waals surface area contributed by atoms with E-state index in [1.165, 1.54) is 11.1 Å². The van der Waals surface area contributed by atoms with Crippen LogP contribution in [0.15, 0.2) is 30.3 Å². The fourth-order valence-electron chi connectivity index (χ4n) is 1.37. The quantitative estimate of drug-likeness (QED) is 0.750. The van der Waals surface area contributed by atoms with Gasteiger partial charge in [-0.15, -0.1) is 0 Å². The topological polar surface area (TPSA) is 20.2 Å². The molecular formula is C12H16O. The Kier molecular flexibility index (Phi) is 3.71. The summed E-state index contributed by atoms with van der Waals surface area (Å²) in [6.07, 6.45) is 3.73. The van der Waals surface area contributed by atoms with E-state index in [0.29, 0.717) is 5.92 Å². The molecule has 1 N–H and O–H groups in total. The van der Waals surface area contributed by atoms with Crippen LogP contribution in [0.1, 0.15) is 30.9 Å². The van der Waals surface area contributed by atoms with E-state index >= 15 is 0 Å². The van der Waals surface area contributed by atoms with E-state index in [4.69, 9.17) is 5.11 Å². The van der Waals surface area contributed by atoms with E-state index in [2.05, 4.69) is 26.0 Å². The first-order valence-corrected chi connectivity index (χ1v) is 4.62. The second-order valence-corrected chi connectivity index (χ2v) is 3.37. The highest BCUT2D eigenvalue weighted by atomic mass is 16.2. The molecule has 0 radical (unpaired) electrons. The maximum absolute atomic E-state index is 8.67. The Labute approximate surface area is 79.7 Å². The van der Waals surface area contributed by atoms with Crippen LogP contribution in [0.2, 0.25) is 0 Å². The third-order valence-electron chi connectivity index (χ3n) is 2.02. The van der Waals surface area contributed by atoms with Crippen LogP contribution in [0.4, 0.5) is 0 Å². The average molecular weight is 176 g/mol. The fraction of sp³-hybridized carbons (Fsp3) is 0.333. The summed E-state index contributed by atoms with van der Waals surface area (Å²) >= 11 is 0. The van der Waals surface area contributed by atoms with Crippen LogP contribution in [-0.2, 0) is 0 Å². The molecule has 0 aliphatic heterocycles. The number of aliphatic hydroxyl groups is 1. The second-order valence-electron chi connectivity index (χ2n) is 3.37. The van der Waals surface area contributed by atoms with Crippen LogP contribution in [0.3, 0.4) is 0 Å². The van der Waals surface area contributed by atoms with Crippen molar-refractivity contribution >= 4 is 6.08 Å². The largest absolute Gasteiger partial charge is 0.392 e. The standard InChI is InChI=1S/C12H16O/c1-10(2)12-8-4-3-6-11(12)7-5-9-13/h3-8,10,13H,9H2,1-2H3/b7-5+. The lowest BCUT2D eigenvalue weighted by molar-refractivity contribution is 0.343. The Morgan fingerprint density at radius 3 is 2.62 bits per heavy atom. The van der Waals surface area contributed by atoms with Crippen molar-refractivity contribution in [2.24, 2.45) is 0 Å². The predicted octanol–water partition coefficient (Wildman–Crippen LogP) is 2.82. The van der Waals surface area contributed by atoms with Gasteiger partial charge in [-0.2, -0.15) is 0 Å². The summed E-state index contributed by atoms with van der Waals surface area (Å²) in [6, 6.07) is 8.26. The molecule has 1 aromatic rings. The third kappa shape index (κ3) is 2.71. The molecule has 0 saturated heterocycles. The summed E-state index contributed by atoms with van der Waals surface area (Å²) in [5, 5.41) is 8.67. The highest BCUT2D eigenvalue weighted by molar-refractivity contribution is 5.54. The molecule has 0 atom stereocenters. The van der Waals surface area contributed by atoms with Gasteiger partial charge in [0.2, 0.25) is 0 Å². The minimum absolute atomic E-state index is 0.104. The van der Waals surface area contributed by atoms with Gasteiger partial charge in [-0.3, -0.25) is 0 Å². The third-order valence-corrected chi connectivity index (χ3v) is 2.02. The van der Waals surface area contributed by atoms with Gasteiger partial charge in [0.25, 0.3) is 0 Å². The van der Waals surface area contributed by atoms with E-state index in [1.54, 1.807) is 6.08 Å². The maximum atomic E-state index is 8.67. The zero-order chi connectivity index (χ0) is 9.68. The van der Waals surface area contributed by atoms with Crippen LogP contribution in [-0.4, -0.2) is 11.7 Å². The van der Waals surface area contributed by atoms with E-state index in [1.807, 2.05) is 18.2 Å². The summed E-state index contributed by atoms with van der Waals surface area (Å²) in [5.74, 6) is 0.527. The van der Waals surface area contributed by atoms with E-state index in [0.717, 1.165) is 0 Å². The average Bonchev–Trinajstić information content (AvgIpc) is 2.15. The Morgan fingerprint density at radius 2 is 2.00 bits per heavy atom. The molecule has 0 bridgehead atoms. The number of aliphatic hydroxyl groups excluding tert-OH is 1.